The first-order chi connectivity index (χ1) is 2.50. The van der Waals surface area contributed by atoms with Gasteiger partial charge in [-0.2, -0.15) is 18.2 Å². The SMILES string of the molecule is [Cl-].[Cl-].[Cl-].[H+].[H+].[H+].[Zr+4].c1cc[cH-]c1. The minimum Gasteiger partial charge on any atom is -1.00 e. The Morgan fingerprint density at radius 1 is 0.889 bits per heavy atom. The minimum absolute atomic E-state index is 0. The first-order valence-corrected chi connectivity index (χ1v) is 1.67. The molecule has 0 aliphatic carbocycles. The standard InChI is InChI=1S/C5H5.3ClH.Zr/c1-2-4-5-3-1;;;;/h1-5H;3*1H;/q-1;;;;+4. The van der Waals surface area contributed by atoms with Crippen molar-refractivity contribution in [3.8, 4) is 0 Å². The summed E-state index contributed by atoms with van der Waals surface area (Å²) >= 11 is 0. The van der Waals surface area contributed by atoms with Crippen LogP contribution in [0.25, 0.3) is 0 Å². The molecule has 0 aliphatic heterocycles. The minimum atomic E-state index is 0. The van der Waals surface area contributed by atoms with Gasteiger partial charge in [0.25, 0.3) is 0 Å². The molecule has 0 amide bonds. The third-order valence-corrected chi connectivity index (χ3v) is 0.556. The molecule has 1 aromatic rings. The predicted octanol–water partition coefficient (Wildman–Crippen LogP) is -7.25. The Balaban J connectivity index is -0.00000000714. The molecular weight excluding hydrogens is 258 g/mol. The second-order valence-corrected chi connectivity index (χ2v) is 0.962. The van der Waals surface area contributed by atoms with Crippen LogP contribution in [0.15, 0.2) is 30.3 Å². The van der Waals surface area contributed by atoms with Gasteiger partial charge in [-0.05, 0) is 0 Å². The van der Waals surface area contributed by atoms with Crippen LogP contribution in [-0.2, 0) is 26.2 Å². The topological polar surface area (TPSA) is 0 Å². The second kappa shape index (κ2) is 16.0. The molecule has 0 aromatic heterocycles. The summed E-state index contributed by atoms with van der Waals surface area (Å²) in [6.07, 6.45) is 0. The van der Waals surface area contributed by atoms with Gasteiger partial charge in [-0.15, -0.1) is 0 Å². The van der Waals surface area contributed by atoms with Crippen LogP contribution in [0.2, 0.25) is 0 Å². The third-order valence-electron chi connectivity index (χ3n) is 0.556. The maximum atomic E-state index is 2.00. The quantitative estimate of drug-likeness (QED) is 0.409. The van der Waals surface area contributed by atoms with E-state index < -0.39 is 0 Å². The van der Waals surface area contributed by atoms with Crippen molar-refractivity contribution in [2.75, 3.05) is 0 Å². The fourth-order valence-corrected chi connectivity index (χ4v) is 0.321. The molecule has 4 heteroatoms. The monoisotopic (exact) mass is 263 g/mol. The van der Waals surface area contributed by atoms with E-state index in [9.17, 15) is 0 Å². The van der Waals surface area contributed by atoms with Crippen molar-refractivity contribution >= 4 is 0 Å². The van der Waals surface area contributed by atoms with Gasteiger partial charge in [-0.3, -0.25) is 0 Å². The van der Waals surface area contributed by atoms with Crippen LogP contribution in [-0.4, -0.2) is 0 Å². The molecular formula is C5H8Cl3Zr+3. The van der Waals surface area contributed by atoms with Crippen LogP contribution in [0.5, 0.6) is 0 Å². The molecule has 0 atom stereocenters. The van der Waals surface area contributed by atoms with Crippen molar-refractivity contribution < 1.29 is 67.7 Å². The summed E-state index contributed by atoms with van der Waals surface area (Å²) in [4.78, 5) is 0. The maximum Gasteiger partial charge on any atom is 4.00 e. The molecule has 1 aromatic carbocycles. The molecule has 0 heterocycles. The van der Waals surface area contributed by atoms with Crippen molar-refractivity contribution in [3.05, 3.63) is 30.3 Å². The van der Waals surface area contributed by atoms with E-state index in [-0.39, 0.29) is 67.7 Å². The molecule has 1 rings (SSSR count). The van der Waals surface area contributed by atoms with Gasteiger partial charge in [0.05, 0.1) is 0 Å². The van der Waals surface area contributed by atoms with Gasteiger partial charge in [0.2, 0.25) is 0 Å². The Morgan fingerprint density at radius 2 is 1.22 bits per heavy atom. The van der Waals surface area contributed by atoms with Gasteiger partial charge in [-0.1, -0.05) is 0 Å². The van der Waals surface area contributed by atoms with Gasteiger partial charge >= 0.3 is 30.5 Å². The number of hydrogen-bond donors (Lipinski definition) is 0. The summed E-state index contributed by atoms with van der Waals surface area (Å²) in [5, 5.41) is 0. The first-order valence-electron chi connectivity index (χ1n) is 1.67. The van der Waals surface area contributed by atoms with Crippen LogP contribution in [0.1, 0.15) is 4.28 Å². The van der Waals surface area contributed by atoms with Gasteiger partial charge in [0.15, 0.2) is 0 Å². The Labute approximate surface area is 97.6 Å². The van der Waals surface area contributed by atoms with E-state index in [4.69, 9.17) is 0 Å². The molecule has 50 valence electrons. The van der Waals surface area contributed by atoms with Crippen LogP contribution in [0, 0.1) is 0 Å². The third kappa shape index (κ3) is 12.3. The zero-order chi connectivity index (χ0) is 3.54. The summed E-state index contributed by atoms with van der Waals surface area (Å²) < 4.78 is 0. The molecule has 9 heavy (non-hydrogen) atoms. The van der Waals surface area contributed by atoms with Crippen molar-refractivity contribution in [2.24, 2.45) is 0 Å². The van der Waals surface area contributed by atoms with E-state index in [0.29, 0.717) is 0 Å². The van der Waals surface area contributed by atoms with E-state index in [2.05, 4.69) is 0 Å². The van der Waals surface area contributed by atoms with Gasteiger partial charge in [0, 0.05) is 0 Å². The first kappa shape index (κ1) is 22.5. The molecule has 0 spiro atoms. The van der Waals surface area contributed by atoms with Crippen LogP contribution >= 0.6 is 0 Å². The van der Waals surface area contributed by atoms with Crippen LogP contribution in [0.3, 0.4) is 0 Å². The van der Waals surface area contributed by atoms with E-state index in [0.717, 1.165) is 0 Å². The summed E-state index contributed by atoms with van der Waals surface area (Å²) in [6.45, 7) is 0. The summed E-state index contributed by atoms with van der Waals surface area (Å²) in [7, 11) is 0. The van der Waals surface area contributed by atoms with E-state index >= 15 is 0 Å². The van der Waals surface area contributed by atoms with E-state index in [1.807, 2.05) is 30.3 Å². The summed E-state index contributed by atoms with van der Waals surface area (Å²) in [5.41, 5.74) is 0. The molecule has 0 fully saturated rings. The number of hydrogen-bond acceptors (Lipinski definition) is 0. The zero-order valence-corrected chi connectivity index (χ0v) is 9.25. The average molecular weight is 266 g/mol. The Bertz CT molecular complexity index is 78.4. The average Bonchev–Trinajstić information content (AvgIpc) is 1.76. The van der Waals surface area contributed by atoms with Gasteiger partial charge in [-0.25, -0.2) is 12.1 Å². The molecule has 0 radical (unpaired) electrons. The van der Waals surface area contributed by atoms with Gasteiger partial charge in [0.1, 0.15) is 0 Å². The fraction of sp³-hybridized carbons (Fsp3) is 0. The Kier molecular flexibility index (Phi) is 40.1. The zero-order valence-electron chi connectivity index (χ0n) is 7.52. The smallest absolute Gasteiger partial charge is 1.00 e. The van der Waals surface area contributed by atoms with E-state index in [1.165, 1.54) is 0 Å². The normalized spacial score (nSPS) is 4.44. The van der Waals surface area contributed by atoms with Crippen molar-refractivity contribution in [3.63, 3.8) is 0 Å². The molecule has 0 unspecified atom stereocenters. The van der Waals surface area contributed by atoms with Gasteiger partial charge < -0.3 is 37.2 Å². The van der Waals surface area contributed by atoms with Crippen molar-refractivity contribution in [2.45, 2.75) is 0 Å². The molecule has 0 saturated heterocycles. The van der Waals surface area contributed by atoms with Crippen LogP contribution < -0.4 is 37.2 Å². The molecule has 0 aliphatic rings. The molecule has 0 nitrogen and oxygen atoms in total. The second-order valence-electron chi connectivity index (χ2n) is 0.962. The molecule has 0 N–H and O–H groups in total. The number of rotatable bonds is 0. The van der Waals surface area contributed by atoms with E-state index in [1.54, 1.807) is 0 Å². The maximum absolute atomic E-state index is 2.00. The summed E-state index contributed by atoms with van der Waals surface area (Å²) in [5.74, 6) is 0. The number of halogens is 3. The van der Waals surface area contributed by atoms with Crippen LogP contribution in [0.4, 0.5) is 0 Å². The fourth-order valence-electron chi connectivity index (χ4n) is 0.321. The molecule has 0 bridgehead atoms. The largest absolute Gasteiger partial charge is 4.00 e. The molecule has 0 saturated carbocycles. The Hall–Kier alpha value is 1.10. The van der Waals surface area contributed by atoms with Crippen molar-refractivity contribution in [1.29, 1.82) is 0 Å². The van der Waals surface area contributed by atoms with Crippen molar-refractivity contribution in [1.82, 2.24) is 0 Å². The Morgan fingerprint density at radius 3 is 1.33 bits per heavy atom. The predicted molar refractivity (Wildman–Crippen MR) is 25.4 cm³/mol. The summed E-state index contributed by atoms with van der Waals surface area (Å²) in [6, 6.07) is 10.0.